The molecule has 0 fully saturated rings. The van der Waals surface area contributed by atoms with Crippen LogP contribution in [0.5, 0.6) is 0 Å². The molecular formula is C18H31FIN3O2. The van der Waals surface area contributed by atoms with Crippen molar-refractivity contribution in [2.75, 3.05) is 33.4 Å². The molecule has 0 atom stereocenters. The summed E-state index contributed by atoms with van der Waals surface area (Å²) in [4.78, 5) is 4.55. The average molecular weight is 467 g/mol. The molecule has 0 aliphatic rings. The molecule has 5 nitrogen and oxygen atoms in total. The quantitative estimate of drug-likeness (QED) is 0.227. The molecule has 0 radical (unpaired) electrons. The third kappa shape index (κ3) is 10.6. The van der Waals surface area contributed by atoms with E-state index < -0.39 is 0 Å². The molecule has 0 aliphatic heterocycles. The molecule has 0 amide bonds. The van der Waals surface area contributed by atoms with Crippen LogP contribution in [0.15, 0.2) is 23.2 Å². The van der Waals surface area contributed by atoms with Crippen molar-refractivity contribution in [2.45, 2.75) is 39.8 Å². The van der Waals surface area contributed by atoms with E-state index in [2.05, 4.69) is 15.6 Å². The van der Waals surface area contributed by atoms with Crippen LogP contribution < -0.4 is 10.6 Å². The summed E-state index contributed by atoms with van der Waals surface area (Å²) in [6.07, 6.45) is 2.05. The molecule has 1 rings (SSSR count). The molecule has 1 aromatic carbocycles. The van der Waals surface area contributed by atoms with Crippen molar-refractivity contribution in [3.63, 3.8) is 0 Å². The number of hydrogen-bond acceptors (Lipinski definition) is 3. The minimum absolute atomic E-state index is 0. The van der Waals surface area contributed by atoms with Crippen LogP contribution in [0.25, 0.3) is 0 Å². The smallest absolute Gasteiger partial charge is 0.191 e. The lowest BCUT2D eigenvalue weighted by Crippen LogP contribution is -2.37. The third-order valence-corrected chi connectivity index (χ3v) is 3.39. The lowest BCUT2D eigenvalue weighted by atomic mass is 10.1. The Hall–Kier alpha value is -0.930. The van der Waals surface area contributed by atoms with Gasteiger partial charge in [-0.15, -0.1) is 24.0 Å². The number of guanidine groups is 1. The summed E-state index contributed by atoms with van der Waals surface area (Å²) in [5.41, 5.74) is 1.51. The second kappa shape index (κ2) is 15.3. The highest BCUT2D eigenvalue weighted by Gasteiger charge is 2.04. The molecule has 0 saturated heterocycles. The number of halogens is 2. The van der Waals surface area contributed by atoms with Gasteiger partial charge in [0.05, 0.1) is 13.2 Å². The second-order valence-electron chi connectivity index (χ2n) is 5.38. The summed E-state index contributed by atoms with van der Waals surface area (Å²) in [7, 11) is 1.56. The molecular weight excluding hydrogens is 436 g/mol. The van der Waals surface area contributed by atoms with Crippen LogP contribution >= 0.6 is 24.0 Å². The molecule has 0 spiro atoms. The number of unbranched alkanes of at least 4 members (excludes halogenated alkanes) is 1. The van der Waals surface area contributed by atoms with Gasteiger partial charge in [-0.2, -0.15) is 0 Å². The zero-order valence-electron chi connectivity index (χ0n) is 15.4. The van der Waals surface area contributed by atoms with Gasteiger partial charge in [0, 0.05) is 39.0 Å². The van der Waals surface area contributed by atoms with E-state index >= 15 is 0 Å². The zero-order valence-corrected chi connectivity index (χ0v) is 17.8. The van der Waals surface area contributed by atoms with Gasteiger partial charge in [-0.05, 0) is 44.4 Å². The van der Waals surface area contributed by atoms with Crippen molar-refractivity contribution in [3.8, 4) is 0 Å². The van der Waals surface area contributed by atoms with E-state index in [0.717, 1.165) is 50.7 Å². The van der Waals surface area contributed by atoms with Crippen molar-refractivity contribution in [3.05, 3.63) is 35.1 Å². The summed E-state index contributed by atoms with van der Waals surface area (Å²) in [6, 6.07) is 5.02. The van der Waals surface area contributed by atoms with E-state index in [1.54, 1.807) is 19.2 Å². The predicted octanol–water partition coefficient (Wildman–Crippen LogP) is 3.46. The van der Waals surface area contributed by atoms with Gasteiger partial charge in [0.25, 0.3) is 0 Å². The molecule has 7 heteroatoms. The number of benzene rings is 1. The van der Waals surface area contributed by atoms with E-state index in [4.69, 9.17) is 9.47 Å². The molecule has 25 heavy (non-hydrogen) atoms. The minimum Gasteiger partial charge on any atom is -0.382 e. The van der Waals surface area contributed by atoms with Gasteiger partial charge >= 0.3 is 0 Å². The lowest BCUT2D eigenvalue weighted by molar-refractivity contribution is 0.143. The molecule has 0 aromatic heterocycles. The van der Waals surface area contributed by atoms with Crippen LogP contribution in [0.1, 0.15) is 37.8 Å². The maximum absolute atomic E-state index is 13.6. The number of rotatable bonds is 11. The number of hydrogen-bond donors (Lipinski definition) is 2. The first-order chi connectivity index (χ1) is 11.7. The Morgan fingerprint density at radius 2 is 2.00 bits per heavy atom. The molecule has 0 bridgehead atoms. The fourth-order valence-corrected chi connectivity index (χ4v) is 2.18. The Morgan fingerprint density at radius 1 is 1.20 bits per heavy atom. The Kier molecular flexibility index (Phi) is 14.8. The van der Waals surface area contributed by atoms with E-state index in [1.807, 2.05) is 13.8 Å². The van der Waals surface area contributed by atoms with Gasteiger partial charge in [0.2, 0.25) is 0 Å². The summed E-state index contributed by atoms with van der Waals surface area (Å²) in [5, 5.41) is 6.52. The zero-order chi connectivity index (χ0) is 17.6. The highest BCUT2D eigenvalue weighted by atomic mass is 127. The van der Waals surface area contributed by atoms with Gasteiger partial charge < -0.3 is 20.1 Å². The fraction of sp³-hybridized carbons (Fsp3) is 0.611. The normalized spacial score (nSPS) is 11.1. The fourth-order valence-electron chi connectivity index (χ4n) is 2.18. The number of methoxy groups -OCH3 is 1. The number of ether oxygens (including phenoxy) is 2. The summed E-state index contributed by atoms with van der Waals surface area (Å²) < 4.78 is 23.9. The van der Waals surface area contributed by atoms with E-state index in [9.17, 15) is 4.39 Å². The predicted molar refractivity (Wildman–Crippen MR) is 111 cm³/mol. The first-order valence-corrected chi connectivity index (χ1v) is 8.57. The maximum Gasteiger partial charge on any atom is 0.191 e. The highest BCUT2D eigenvalue weighted by molar-refractivity contribution is 14.0. The van der Waals surface area contributed by atoms with Crippen molar-refractivity contribution in [1.82, 2.24) is 10.6 Å². The van der Waals surface area contributed by atoms with E-state index in [0.29, 0.717) is 12.1 Å². The SMILES string of the molecule is CCNC(=NCc1ccc(F)c(COC)c1)NCCCCOCC.I. The lowest BCUT2D eigenvalue weighted by Gasteiger charge is -2.11. The van der Waals surface area contributed by atoms with Crippen molar-refractivity contribution in [1.29, 1.82) is 0 Å². The second-order valence-corrected chi connectivity index (χ2v) is 5.38. The minimum atomic E-state index is -0.246. The summed E-state index contributed by atoms with van der Waals surface area (Å²) in [5.74, 6) is 0.524. The van der Waals surface area contributed by atoms with Gasteiger partial charge in [-0.1, -0.05) is 6.07 Å². The van der Waals surface area contributed by atoms with Crippen LogP contribution in [0, 0.1) is 5.82 Å². The largest absolute Gasteiger partial charge is 0.382 e. The summed E-state index contributed by atoms with van der Waals surface area (Å²) >= 11 is 0. The molecule has 2 N–H and O–H groups in total. The topological polar surface area (TPSA) is 54.9 Å². The maximum atomic E-state index is 13.6. The molecule has 1 aromatic rings. The van der Waals surface area contributed by atoms with E-state index in [1.165, 1.54) is 6.07 Å². The van der Waals surface area contributed by atoms with Gasteiger partial charge in [0.1, 0.15) is 5.82 Å². The van der Waals surface area contributed by atoms with Crippen LogP contribution in [0.4, 0.5) is 4.39 Å². The monoisotopic (exact) mass is 467 g/mol. The van der Waals surface area contributed by atoms with Gasteiger partial charge in [-0.3, -0.25) is 0 Å². The standard InChI is InChI=1S/C18H30FN3O2.HI/c1-4-20-18(21-10-6-7-11-24-5-2)22-13-15-8-9-17(19)16(12-15)14-23-3;/h8-9,12H,4-7,10-11,13-14H2,1-3H3,(H2,20,21,22);1H. The van der Waals surface area contributed by atoms with Crippen LogP contribution in [0.2, 0.25) is 0 Å². The third-order valence-electron chi connectivity index (χ3n) is 3.39. The van der Waals surface area contributed by atoms with Crippen LogP contribution in [-0.2, 0) is 22.6 Å². The molecule has 0 saturated carbocycles. The van der Waals surface area contributed by atoms with Crippen molar-refractivity contribution < 1.29 is 13.9 Å². The van der Waals surface area contributed by atoms with Crippen LogP contribution in [-0.4, -0.2) is 39.4 Å². The number of nitrogens with zero attached hydrogens (tertiary/aromatic N) is 1. The van der Waals surface area contributed by atoms with Crippen molar-refractivity contribution in [2.24, 2.45) is 4.99 Å². The Bertz CT molecular complexity index is 501. The molecule has 0 unspecified atom stereocenters. The van der Waals surface area contributed by atoms with Crippen LogP contribution in [0.3, 0.4) is 0 Å². The Morgan fingerprint density at radius 3 is 2.68 bits per heavy atom. The number of nitrogens with one attached hydrogen (secondary N) is 2. The first kappa shape index (κ1) is 24.1. The number of aliphatic imine (C=N–C) groups is 1. The summed E-state index contributed by atoms with van der Waals surface area (Å²) in [6.45, 7) is 7.99. The average Bonchev–Trinajstić information content (AvgIpc) is 2.58. The molecule has 0 heterocycles. The molecule has 0 aliphatic carbocycles. The first-order valence-electron chi connectivity index (χ1n) is 8.57. The van der Waals surface area contributed by atoms with Crippen molar-refractivity contribution >= 4 is 29.9 Å². The Balaban J connectivity index is 0.00000576. The Labute approximate surface area is 167 Å². The van der Waals surface area contributed by atoms with Gasteiger partial charge in [0.15, 0.2) is 5.96 Å². The van der Waals surface area contributed by atoms with E-state index in [-0.39, 0.29) is 36.4 Å². The van der Waals surface area contributed by atoms with Gasteiger partial charge in [-0.25, -0.2) is 9.38 Å². The molecule has 144 valence electrons. The highest BCUT2D eigenvalue weighted by Crippen LogP contribution is 2.12.